The van der Waals surface area contributed by atoms with Gasteiger partial charge in [-0.15, -0.1) is 24.0 Å². The van der Waals surface area contributed by atoms with Crippen molar-refractivity contribution in [3.63, 3.8) is 0 Å². The Labute approximate surface area is 167 Å². The van der Waals surface area contributed by atoms with Gasteiger partial charge in [-0.2, -0.15) is 0 Å². The standard InChI is InChI=1S/C17H28N4O3.HI/c1-18-17(19-6-8-22-2)20-13-5-7-21(12-13)14-9-15(23-3)11-16(10-14)24-4;/h9-11,13H,5-8,12H2,1-4H3,(H2,18,19,20);1H. The summed E-state index contributed by atoms with van der Waals surface area (Å²) in [4.78, 5) is 6.58. The Morgan fingerprint density at radius 3 is 2.44 bits per heavy atom. The molecule has 7 nitrogen and oxygen atoms in total. The van der Waals surface area contributed by atoms with Gasteiger partial charge in [0.25, 0.3) is 0 Å². The lowest BCUT2D eigenvalue weighted by Gasteiger charge is -2.21. The number of guanidine groups is 1. The first-order chi connectivity index (χ1) is 11.7. The van der Waals surface area contributed by atoms with E-state index in [9.17, 15) is 0 Å². The van der Waals surface area contributed by atoms with Crippen LogP contribution in [0.1, 0.15) is 6.42 Å². The zero-order valence-electron chi connectivity index (χ0n) is 15.4. The number of methoxy groups -OCH3 is 3. The van der Waals surface area contributed by atoms with Gasteiger partial charge in [0.1, 0.15) is 11.5 Å². The molecule has 1 unspecified atom stereocenters. The molecule has 2 rings (SSSR count). The maximum Gasteiger partial charge on any atom is 0.191 e. The zero-order valence-corrected chi connectivity index (χ0v) is 17.7. The first kappa shape index (κ1) is 21.6. The third kappa shape index (κ3) is 6.43. The Bertz CT molecular complexity index is 534. The molecule has 1 aliphatic heterocycles. The molecule has 0 amide bonds. The van der Waals surface area contributed by atoms with Crippen LogP contribution in [0.25, 0.3) is 0 Å². The van der Waals surface area contributed by atoms with E-state index in [1.807, 2.05) is 18.2 Å². The molecule has 0 aromatic heterocycles. The van der Waals surface area contributed by atoms with Crippen LogP contribution in [0.2, 0.25) is 0 Å². The average molecular weight is 464 g/mol. The predicted octanol–water partition coefficient (Wildman–Crippen LogP) is 1.71. The van der Waals surface area contributed by atoms with Gasteiger partial charge >= 0.3 is 0 Å². The fourth-order valence-corrected chi connectivity index (χ4v) is 2.75. The van der Waals surface area contributed by atoms with E-state index in [0.717, 1.165) is 49.2 Å². The summed E-state index contributed by atoms with van der Waals surface area (Å²) in [5, 5.41) is 6.70. The van der Waals surface area contributed by atoms with Gasteiger partial charge in [0.2, 0.25) is 0 Å². The van der Waals surface area contributed by atoms with Crippen molar-refractivity contribution in [1.29, 1.82) is 0 Å². The minimum absolute atomic E-state index is 0. The van der Waals surface area contributed by atoms with Crippen LogP contribution in [-0.2, 0) is 4.74 Å². The van der Waals surface area contributed by atoms with Crippen LogP contribution in [0.4, 0.5) is 5.69 Å². The van der Waals surface area contributed by atoms with E-state index in [1.54, 1.807) is 28.4 Å². The van der Waals surface area contributed by atoms with Gasteiger partial charge in [-0.1, -0.05) is 0 Å². The number of hydrogen-bond donors (Lipinski definition) is 2. The second-order valence-electron chi connectivity index (χ2n) is 5.64. The molecule has 25 heavy (non-hydrogen) atoms. The summed E-state index contributed by atoms with van der Waals surface area (Å²) in [5.41, 5.74) is 1.11. The van der Waals surface area contributed by atoms with Gasteiger partial charge in [0, 0.05) is 63.7 Å². The summed E-state index contributed by atoms with van der Waals surface area (Å²) in [6.45, 7) is 3.27. The van der Waals surface area contributed by atoms with Crippen LogP contribution < -0.4 is 25.0 Å². The summed E-state index contributed by atoms with van der Waals surface area (Å²) in [5.74, 6) is 2.41. The number of halogens is 1. The first-order valence-corrected chi connectivity index (χ1v) is 8.14. The molecule has 1 aliphatic rings. The second kappa shape index (κ2) is 11.2. The van der Waals surface area contributed by atoms with Crippen LogP contribution in [0.15, 0.2) is 23.2 Å². The lowest BCUT2D eigenvalue weighted by atomic mass is 10.2. The largest absolute Gasteiger partial charge is 0.497 e. The van der Waals surface area contributed by atoms with E-state index < -0.39 is 0 Å². The van der Waals surface area contributed by atoms with E-state index >= 15 is 0 Å². The highest BCUT2D eigenvalue weighted by atomic mass is 127. The molecule has 1 atom stereocenters. The second-order valence-corrected chi connectivity index (χ2v) is 5.64. The number of anilines is 1. The molecule has 1 fully saturated rings. The summed E-state index contributed by atoms with van der Waals surface area (Å²) in [6, 6.07) is 6.31. The SMILES string of the molecule is CN=C(NCCOC)NC1CCN(c2cc(OC)cc(OC)c2)C1.I. The lowest BCUT2D eigenvalue weighted by Crippen LogP contribution is -2.45. The fourth-order valence-electron chi connectivity index (χ4n) is 2.75. The molecular formula is C17H29IN4O3. The Morgan fingerprint density at radius 2 is 1.88 bits per heavy atom. The normalized spacial score (nSPS) is 17.0. The van der Waals surface area contributed by atoms with Gasteiger partial charge in [-0.25, -0.2) is 0 Å². The quantitative estimate of drug-likeness (QED) is 0.277. The molecular weight excluding hydrogens is 435 g/mol. The van der Waals surface area contributed by atoms with E-state index in [4.69, 9.17) is 14.2 Å². The predicted molar refractivity (Wildman–Crippen MR) is 112 cm³/mol. The smallest absolute Gasteiger partial charge is 0.191 e. The van der Waals surface area contributed by atoms with E-state index in [1.165, 1.54) is 0 Å². The van der Waals surface area contributed by atoms with E-state index in [-0.39, 0.29) is 24.0 Å². The van der Waals surface area contributed by atoms with Crippen molar-refractivity contribution < 1.29 is 14.2 Å². The Balaban J connectivity index is 0.00000312. The third-order valence-corrected chi connectivity index (χ3v) is 4.05. The summed E-state index contributed by atoms with van der Waals surface area (Å²) in [6.07, 6.45) is 1.05. The number of aliphatic imine (C=N–C) groups is 1. The van der Waals surface area contributed by atoms with Crippen molar-refractivity contribution in [2.45, 2.75) is 12.5 Å². The van der Waals surface area contributed by atoms with Crippen molar-refractivity contribution in [1.82, 2.24) is 10.6 Å². The molecule has 2 N–H and O–H groups in total. The van der Waals surface area contributed by atoms with E-state index in [0.29, 0.717) is 12.6 Å². The summed E-state index contributed by atoms with van der Waals surface area (Å²) < 4.78 is 15.8. The molecule has 1 aromatic carbocycles. The summed E-state index contributed by atoms with van der Waals surface area (Å²) in [7, 11) is 6.81. The lowest BCUT2D eigenvalue weighted by molar-refractivity contribution is 0.203. The van der Waals surface area contributed by atoms with Crippen LogP contribution in [0.5, 0.6) is 11.5 Å². The van der Waals surface area contributed by atoms with Crippen molar-refractivity contribution >= 4 is 35.6 Å². The number of rotatable bonds is 7. The molecule has 0 aliphatic carbocycles. The maximum atomic E-state index is 5.36. The van der Waals surface area contributed by atoms with Crippen molar-refractivity contribution in [2.75, 3.05) is 59.5 Å². The van der Waals surface area contributed by atoms with Crippen LogP contribution in [0, 0.1) is 0 Å². The monoisotopic (exact) mass is 464 g/mol. The molecule has 1 saturated heterocycles. The third-order valence-electron chi connectivity index (χ3n) is 4.05. The Morgan fingerprint density at radius 1 is 1.20 bits per heavy atom. The minimum atomic E-state index is 0. The topological polar surface area (TPSA) is 67.4 Å². The molecule has 142 valence electrons. The molecule has 8 heteroatoms. The zero-order chi connectivity index (χ0) is 17.4. The molecule has 0 spiro atoms. The molecule has 0 saturated carbocycles. The molecule has 0 bridgehead atoms. The van der Waals surface area contributed by atoms with Gasteiger partial charge in [0.05, 0.1) is 20.8 Å². The molecule has 1 heterocycles. The Kier molecular flexibility index (Phi) is 9.73. The van der Waals surface area contributed by atoms with Gasteiger partial charge in [-0.05, 0) is 6.42 Å². The fraction of sp³-hybridized carbons (Fsp3) is 0.588. The average Bonchev–Trinajstić information content (AvgIpc) is 3.09. The van der Waals surface area contributed by atoms with Crippen LogP contribution in [-0.4, -0.2) is 66.6 Å². The number of nitrogens with zero attached hydrogens (tertiary/aromatic N) is 2. The first-order valence-electron chi connectivity index (χ1n) is 8.14. The van der Waals surface area contributed by atoms with Crippen molar-refractivity contribution in [2.24, 2.45) is 4.99 Å². The highest BCUT2D eigenvalue weighted by Crippen LogP contribution is 2.30. The van der Waals surface area contributed by atoms with Crippen molar-refractivity contribution in [3.05, 3.63) is 18.2 Å². The minimum Gasteiger partial charge on any atom is -0.497 e. The Hall–Kier alpha value is -1.42. The van der Waals surface area contributed by atoms with Gasteiger partial charge in [0.15, 0.2) is 5.96 Å². The van der Waals surface area contributed by atoms with Gasteiger partial charge in [-0.3, -0.25) is 4.99 Å². The highest BCUT2D eigenvalue weighted by Gasteiger charge is 2.24. The highest BCUT2D eigenvalue weighted by molar-refractivity contribution is 14.0. The van der Waals surface area contributed by atoms with E-state index in [2.05, 4.69) is 20.5 Å². The van der Waals surface area contributed by atoms with Crippen LogP contribution in [0.3, 0.4) is 0 Å². The van der Waals surface area contributed by atoms with Crippen LogP contribution >= 0.6 is 24.0 Å². The molecule has 1 aromatic rings. The van der Waals surface area contributed by atoms with Crippen molar-refractivity contribution in [3.8, 4) is 11.5 Å². The van der Waals surface area contributed by atoms with Gasteiger partial charge < -0.3 is 29.7 Å². The number of hydrogen-bond acceptors (Lipinski definition) is 5. The number of nitrogens with one attached hydrogen (secondary N) is 2. The molecule has 0 radical (unpaired) electrons. The summed E-state index contributed by atoms with van der Waals surface area (Å²) >= 11 is 0. The number of benzene rings is 1. The maximum absolute atomic E-state index is 5.36. The number of ether oxygens (including phenoxy) is 3.